The Morgan fingerprint density at radius 2 is 2.24 bits per heavy atom. The van der Waals surface area contributed by atoms with E-state index in [0.29, 0.717) is 5.92 Å². The van der Waals surface area contributed by atoms with Gasteiger partial charge in [0.25, 0.3) is 0 Å². The van der Waals surface area contributed by atoms with Gasteiger partial charge in [-0.1, -0.05) is 26.0 Å². The number of nitrogens with zero attached hydrogens (tertiary/aromatic N) is 1. The van der Waals surface area contributed by atoms with Crippen molar-refractivity contribution < 1.29 is 9.53 Å². The number of amides is 1. The van der Waals surface area contributed by atoms with Crippen LogP contribution in [-0.2, 0) is 4.79 Å². The van der Waals surface area contributed by atoms with Crippen LogP contribution in [0.2, 0.25) is 0 Å². The summed E-state index contributed by atoms with van der Waals surface area (Å²) in [5.74, 6) is 1.34. The molecule has 1 aromatic carbocycles. The van der Waals surface area contributed by atoms with Crippen LogP contribution in [0.5, 0.6) is 5.75 Å². The molecule has 0 saturated carbocycles. The van der Waals surface area contributed by atoms with Crippen LogP contribution < -0.4 is 10.5 Å². The fourth-order valence-electron chi connectivity index (χ4n) is 3.05. The van der Waals surface area contributed by atoms with Gasteiger partial charge in [-0.3, -0.25) is 4.79 Å². The molecule has 1 amide bonds. The third kappa shape index (κ3) is 3.76. The summed E-state index contributed by atoms with van der Waals surface area (Å²) >= 11 is 0. The second-order valence-electron chi connectivity index (χ2n) is 6.20. The van der Waals surface area contributed by atoms with Crippen LogP contribution >= 0.6 is 0 Å². The summed E-state index contributed by atoms with van der Waals surface area (Å²) in [6.07, 6.45) is 2.76. The summed E-state index contributed by atoms with van der Waals surface area (Å²) in [6, 6.07) is 7.72. The number of carbonyl (C=O) groups excluding carboxylic acids is 1. The number of rotatable bonds is 5. The fraction of sp³-hybridized carbons (Fsp3) is 0.588. The third-order valence-corrected chi connectivity index (χ3v) is 4.06. The summed E-state index contributed by atoms with van der Waals surface area (Å²) < 4.78 is 5.28. The SMILES string of the molecule is COc1cccc(C2CCCN2C(=O)[C@@H](N)CC(C)C)c1. The summed E-state index contributed by atoms with van der Waals surface area (Å²) in [6.45, 7) is 4.99. The van der Waals surface area contributed by atoms with Gasteiger partial charge in [0.05, 0.1) is 19.2 Å². The highest BCUT2D eigenvalue weighted by Gasteiger charge is 2.32. The lowest BCUT2D eigenvalue weighted by Gasteiger charge is -2.28. The van der Waals surface area contributed by atoms with Crippen molar-refractivity contribution in [2.24, 2.45) is 11.7 Å². The zero-order valence-corrected chi connectivity index (χ0v) is 13.2. The number of likely N-dealkylation sites (tertiary alicyclic amines) is 1. The molecule has 0 spiro atoms. The van der Waals surface area contributed by atoms with Crippen LogP contribution in [0.1, 0.15) is 44.7 Å². The van der Waals surface area contributed by atoms with Gasteiger partial charge < -0.3 is 15.4 Å². The Morgan fingerprint density at radius 3 is 2.90 bits per heavy atom. The fourth-order valence-corrected chi connectivity index (χ4v) is 3.05. The Labute approximate surface area is 127 Å². The van der Waals surface area contributed by atoms with Gasteiger partial charge in [-0.25, -0.2) is 0 Å². The van der Waals surface area contributed by atoms with Gasteiger partial charge in [-0.05, 0) is 42.9 Å². The highest BCUT2D eigenvalue weighted by molar-refractivity contribution is 5.82. The number of carbonyl (C=O) groups is 1. The van der Waals surface area contributed by atoms with E-state index in [9.17, 15) is 4.79 Å². The monoisotopic (exact) mass is 290 g/mol. The molecule has 0 aromatic heterocycles. The maximum atomic E-state index is 12.6. The molecule has 2 atom stereocenters. The first kappa shape index (κ1) is 15.8. The maximum absolute atomic E-state index is 12.6. The highest BCUT2D eigenvalue weighted by atomic mass is 16.5. The maximum Gasteiger partial charge on any atom is 0.240 e. The lowest BCUT2D eigenvalue weighted by atomic mass is 10.0. The van der Waals surface area contributed by atoms with Crippen LogP contribution in [0.25, 0.3) is 0 Å². The van der Waals surface area contributed by atoms with Crippen molar-refractivity contribution >= 4 is 5.91 Å². The van der Waals surface area contributed by atoms with E-state index in [4.69, 9.17) is 10.5 Å². The Kier molecular flexibility index (Phi) is 5.23. The first-order chi connectivity index (χ1) is 10.0. The molecule has 116 valence electrons. The molecule has 1 aliphatic heterocycles. The molecule has 0 bridgehead atoms. The molecule has 0 aliphatic carbocycles. The minimum atomic E-state index is -0.392. The summed E-state index contributed by atoms with van der Waals surface area (Å²) in [5.41, 5.74) is 7.21. The lowest BCUT2D eigenvalue weighted by molar-refractivity contribution is -0.133. The largest absolute Gasteiger partial charge is 0.497 e. The molecular formula is C17H26N2O2. The predicted molar refractivity (Wildman–Crippen MR) is 84.1 cm³/mol. The number of hydrogen-bond donors (Lipinski definition) is 1. The van der Waals surface area contributed by atoms with E-state index in [1.54, 1.807) is 7.11 Å². The minimum Gasteiger partial charge on any atom is -0.497 e. The second kappa shape index (κ2) is 6.94. The van der Waals surface area contributed by atoms with Crippen molar-refractivity contribution in [3.63, 3.8) is 0 Å². The Bertz CT molecular complexity index is 487. The Morgan fingerprint density at radius 1 is 1.48 bits per heavy atom. The van der Waals surface area contributed by atoms with Crippen LogP contribution in [-0.4, -0.2) is 30.5 Å². The van der Waals surface area contributed by atoms with Gasteiger partial charge in [0.15, 0.2) is 0 Å². The van der Waals surface area contributed by atoms with Crippen molar-refractivity contribution in [3.8, 4) is 5.75 Å². The van der Waals surface area contributed by atoms with E-state index in [0.717, 1.165) is 37.1 Å². The van der Waals surface area contributed by atoms with Crippen molar-refractivity contribution in [2.45, 2.75) is 45.2 Å². The van der Waals surface area contributed by atoms with Crippen molar-refractivity contribution in [1.29, 1.82) is 0 Å². The van der Waals surface area contributed by atoms with E-state index in [1.165, 1.54) is 0 Å². The molecule has 0 radical (unpaired) electrons. The van der Waals surface area contributed by atoms with E-state index >= 15 is 0 Å². The van der Waals surface area contributed by atoms with Gasteiger partial charge >= 0.3 is 0 Å². The van der Waals surface area contributed by atoms with E-state index in [-0.39, 0.29) is 11.9 Å². The highest BCUT2D eigenvalue weighted by Crippen LogP contribution is 2.34. The van der Waals surface area contributed by atoms with E-state index in [1.807, 2.05) is 23.1 Å². The standard InChI is InChI=1S/C17H26N2O2/c1-12(2)10-15(18)17(20)19-9-5-8-16(19)13-6-4-7-14(11-13)21-3/h4,6-7,11-12,15-16H,5,8-10,18H2,1-3H3/t15-,16?/m0/s1. The Balaban J connectivity index is 2.14. The molecule has 2 rings (SSSR count). The number of nitrogens with two attached hydrogens (primary N) is 1. The number of hydrogen-bond acceptors (Lipinski definition) is 3. The molecule has 4 nitrogen and oxygen atoms in total. The summed E-state index contributed by atoms with van der Waals surface area (Å²) in [5, 5.41) is 0. The zero-order valence-electron chi connectivity index (χ0n) is 13.2. The summed E-state index contributed by atoms with van der Waals surface area (Å²) in [4.78, 5) is 14.5. The van der Waals surface area contributed by atoms with E-state index in [2.05, 4.69) is 19.9 Å². The first-order valence-electron chi connectivity index (χ1n) is 7.73. The zero-order chi connectivity index (χ0) is 15.4. The van der Waals surface area contributed by atoms with Crippen molar-refractivity contribution in [3.05, 3.63) is 29.8 Å². The van der Waals surface area contributed by atoms with Gasteiger partial charge in [-0.15, -0.1) is 0 Å². The quantitative estimate of drug-likeness (QED) is 0.907. The van der Waals surface area contributed by atoms with Crippen LogP contribution in [0.15, 0.2) is 24.3 Å². The first-order valence-corrected chi connectivity index (χ1v) is 7.73. The lowest BCUT2D eigenvalue weighted by Crippen LogP contribution is -2.44. The summed E-state index contributed by atoms with van der Waals surface area (Å²) in [7, 11) is 1.66. The third-order valence-electron chi connectivity index (χ3n) is 4.06. The molecule has 1 aromatic rings. The molecule has 1 unspecified atom stereocenters. The molecule has 1 saturated heterocycles. The molecule has 1 heterocycles. The van der Waals surface area contributed by atoms with Crippen molar-refractivity contribution in [1.82, 2.24) is 4.90 Å². The average Bonchev–Trinajstić information content (AvgIpc) is 2.95. The smallest absolute Gasteiger partial charge is 0.240 e. The molecule has 4 heteroatoms. The van der Waals surface area contributed by atoms with E-state index < -0.39 is 6.04 Å². The van der Waals surface area contributed by atoms with Gasteiger partial charge in [0.1, 0.15) is 5.75 Å². The van der Waals surface area contributed by atoms with Gasteiger partial charge in [0, 0.05) is 6.54 Å². The van der Waals surface area contributed by atoms with Crippen LogP contribution in [0.4, 0.5) is 0 Å². The predicted octanol–water partition coefficient (Wildman–Crippen LogP) is 2.73. The second-order valence-corrected chi connectivity index (χ2v) is 6.20. The van der Waals surface area contributed by atoms with Crippen LogP contribution in [0, 0.1) is 5.92 Å². The molecule has 1 aliphatic rings. The van der Waals surface area contributed by atoms with Gasteiger partial charge in [-0.2, -0.15) is 0 Å². The van der Waals surface area contributed by atoms with Crippen LogP contribution in [0.3, 0.4) is 0 Å². The molecule has 1 fully saturated rings. The van der Waals surface area contributed by atoms with Gasteiger partial charge in [0.2, 0.25) is 5.91 Å². The Hall–Kier alpha value is -1.55. The van der Waals surface area contributed by atoms with Crippen molar-refractivity contribution in [2.75, 3.05) is 13.7 Å². The number of methoxy groups -OCH3 is 1. The molecule has 21 heavy (non-hydrogen) atoms. The molecular weight excluding hydrogens is 264 g/mol. The number of benzene rings is 1. The normalized spacial score (nSPS) is 19.9. The minimum absolute atomic E-state index is 0.0778. The number of ether oxygens (including phenoxy) is 1. The topological polar surface area (TPSA) is 55.6 Å². The molecule has 2 N–H and O–H groups in total. The average molecular weight is 290 g/mol.